The Labute approximate surface area is 111 Å². The molecular formula is C14H16ClNO2. The first-order valence-electron chi connectivity index (χ1n) is 5.87. The van der Waals surface area contributed by atoms with Crippen LogP contribution < -0.4 is 5.32 Å². The number of hydrogen-bond donors (Lipinski definition) is 2. The summed E-state index contributed by atoms with van der Waals surface area (Å²) >= 11 is 6.13. The maximum absolute atomic E-state index is 8.91. The second kappa shape index (κ2) is 6.05. The molecule has 1 heterocycles. The monoisotopic (exact) mass is 265 g/mol. The number of furan rings is 1. The van der Waals surface area contributed by atoms with Crippen LogP contribution >= 0.6 is 11.6 Å². The predicted octanol–water partition coefficient (Wildman–Crippen LogP) is 3.28. The Kier molecular flexibility index (Phi) is 4.42. The number of aliphatic hydroxyl groups is 1. The molecular weight excluding hydrogens is 250 g/mol. The first-order chi connectivity index (χ1) is 8.70. The van der Waals surface area contributed by atoms with Crippen LogP contribution in [0.2, 0.25) is 5.02 Å². The van der Waals surface area contributed by atoms with Crippen molar-refractivity contribution in [3.8, 4) is 0 Å². The fourth-order valence-corrected chi connectivity index (χ4v) is 2.09. The molecule has 0 fully saturated rings. The quantitative estimate of drug-likeness (QED) is 0.872. The normalized spacial score (nSPS) is 12.6. The minimum atomic E-state index is -0.0694. The molecule has 2 aromatic rings. The highest BCUT2D eigenvalue weighted by molar-refractivity contribution is 6.31. The number of hydrogen-bond acceptors (Lipinski definition) is 3. The Balaban J connectivity index is 1.96. The van der Waals surface area contributed by atoms with Crippen molar-refractivity contribution in [1.82, 2.24) is 5.32 Å². The van der Waals surface area contributed by atoms with Crippen LogP contribution in [-0.4, -0.2) is 5.11 Å². The van der Waals surface area contributed by atoms with Crippen molar-refractivity contribution in [2.24, 2.45) is 0 Å². The topological polar surface area (TPSA) is 45.4 Å². The first kappa shape index (κ1) is 13.1. The lowest BCUT2D eigenvalue weighted by atomic mass is 10.1. The van der Waals surface area contributed by atoms with E-state index in [1.54, 1.807) is 6.07 Å². The van der Waals surface area contributed by atoms with Gasteiger partial charge in [0.1, 0.15) is 18.1 Å². The molecule has 1 aromatic carbocycles. The Morgan fingerprint density at radius 1 is 1.22 bits per heavy atom. The van der Waals surface area contributed by atoms with Crippen molar-refractivity contribution < 1.29 is 9.52 Å². The third-order valence-corrected chi connectivity index (χ3v) is 3.17. The minimum Gasteiger partial charge on any atom is -0.462 e. The summed E-state index contributed by atoms with van der Waals surface area (Å²) in [5.41, 5.74) is 1.06. The summed E-state index contributed by atoms with van der Waals surface area (Å²) < 4.78 is 5.40. The van der Waals surface area contributed by atoms with E-state index in [-0.39, 0.29) is 12.6 Å². The van der Waals surface area contributed by atoms with Crippen LogP contribution in [-0.2, 0) is 13.2 Å². The van der Waals surface area contributed by atoms with Crippen LogP contribution in [0.3, 0.4) is 0 Å². The number of benzene rings is 1. The second-order valence-electron chi connectivity index (χ2n) is 4.15. The van der Waals surface area contributed by atoms with E-state index in [0.29, 0.717) is 12.3 Å². The number of nitrogens with one attached hydrogen (secondary N) is 1. The Morgan fingerprint density at radius 3 is 2.61 bits per heavy atom. The number of rotatable bonds is 5. The molecule has 0 saturated heterocycles. The maximum Gasteiger partial charge on any atom is 0.129 e. The lowest BCUT2D eigenvalue weighted by molar-refractivity contribution is 0.242. The van der Waals surface area contributed by atoms with Crippen LogP contribution in [0.4, 0.5) is 0 Å². The number of halogens is 1. The molecule has 1 atom stereocenters. The van der Waals surface area contributed by atoms with Gasteiger partial charge in [0.2, 0.25) is 0 Å². The average Bonchev–Trinajstić information content (AvgIpc) is 2.84. The van der Waals surface area contributed by atoms with Gasteiger partial charge in [-0.05, 0) is 30.7 Å². The van der Waals surface area contributed by atoms with E-state index in [2.05, 4.69) is 12.2 Å². The molecule has 0 aliphatic rings. The second-order valence-corrected chi connectivity index (χ2v) is 4.56. The van der Waals surface area contributed by atoms with E-state index in [0.717, 1.165) is 16.3 Å². The molecule has 2 N–H and O–H groups in total. The zero-order chi connectivity index (χ0) is 13.0. The van der Waals surface area contributed by atoms with Crippen molar-refractivity contribution in [3.63, 3.8) is 0 Å². The fourth-order valence-electron chi connectivity index (χ4n) is 1.79. The van der Waals surface area contributed by atoms with Gasteiger partial charge in [0.05, 0.1) is 6.54 Å². The largest absolute Gasteiger partial charge is 0.462 e. The molecule has 2 rings (SSSR count). The molecule has 96 valence electrons. The van der Waals surface area contributed by atoms with Gasteiger partial charge in [-0.3, -0.25) is 0 Å². The van der Waals surface area contributed by atoms with Crippen LogP contribution in [0.5, 0.6) is 0 Å². The zero-order valence-electron chi connectivity index (χ0n) is 10.2. The van der Waals surface area contributed by atoms with Gasteiger partial charge >= 0.3 is 0 Å². The Hall–Kier alpha value is -1.29. The van der Waals surface area contributed by atoms with E-state index < -0.39 is 0 Å². The van der Waals surface area contributed by atoms with Gasteiger partial charge < -0.3 is 14.8 Å². The van der Waals surface area contributed by atoms with Crippen LogP contribution in [0.15, 0.2) is 40.8 Å². The standard InChI is InChI=1S/C14H16ClNO2/c1-10(13-4-2-3-5-14(13)15)16-8-11-6-7-12(9-17)18-11/h2-7,10,16-17H,8-9H2,1H3/t10-/m1/s1. The molecule has 0 unspecified atom stereocenters. The van der Waals surface area contributed by atoms with Crippen molar-refractivity contribution in [3.05, 3.63) is 58.5 Å². The molecule has 0 spiro atoms. The molecule has 0 radical (unpaired) electrons. The Morgan fingerprint density at radius 2 is 1.94 bits per heavy atom. The van der Waals surface area contributed by atoms with Crippen molar-refractivity contribution in [1.29, 1.82) is 0 Å². The van der Waals surface area contributed by atoms with Gasteiger partial charge in [-0.15, -0.1) is 0 Å². The Bertz CT molecular complexity index is 510. The van der Waals surface area contributed by atoms with E-state index in [1.807, 2.05) is 30.3 Å². The van der Waals surface area contributed by atoms with Gasteiger partial charge in [-0.1, -0.05) is 29.8 Å². The molecule has 4 heteroatoms. The summed E-state index contributed by atoms with van der Waals surface area (Å²) in [6.07, 6.45) is 0. The zero-order valence-corrected chi connectivity index (χ0v) is 10.9. The van der Waals surface area contributed by atoms with Gasteiger partial charge in [-0.2, -0.15) is 0 Å². The predicted molar refractivity (Wildman–Crippen MR) is 71.3 cm³/mol. The lowest BCUT2D eigenvalue weighted by Gasteiger charge is -2.14. The SMILES string of the molecule is C[C@@H](NCc1ccc(CO)o1)c1ccccc1Cl. The fraction of sp³-hybridized carbons (Fsp3) is 0.286. The van der Waals surface area contributed by atoms with Crippen molar-refractivity contribution >= 4 is 11.6 Å². The third-order valence-electron chi connectivity index (χ3n) is 2.83. The maximum atomic E-state index is 8.91. The summed E-state index contributed by atoms with van der Waals surface area (Å²) in [6.45, 7) is 2.59. The van der Waals surface area contributed by atoms with Crippen molar-refractivity contribution in [2.45, 2.75) is 26.1 Å². The summed E-state index contributed by atoms with van der Waals surface area (Å²) in [5.74, 6) is 1.38. The molecule has 0 aliphatic heterocycles. The third kappa shape index (κ3) is 3.13. The summed E-state index contributed by atoms with van der Waals surface area (Å²) in [7, 11) is 0. The molecule has 0 bridgehead atoms. The summed E-state index contributed by atoms with van der Waals surface area (Å²) in [5, 5.41) is 13.0. The van der Waals surface area contributed by atoms with Crippen LogP contribution in [0.1, 0.15) is 30.0 Å². The van der Waals surface area contributed by atoms with Crippen LogP contribution in [0, 0.1) is 0 Å². The summed E-state index contributed by atoms with van der Waals surface area (Å²) in [4.78, 5) is 0. The molecule has 0 saturated carbocycles. The molecule has 0 amide bonds. The summed E-state index contributed by atoms with van der Waals surface area (Å²) in [6, 6.07) is 11.5. The van der Waals surface area contributed by atoms with Crippen LogP contribution in [0.25, 0.3) is 0 Å². The first-order valence-corrected chi connectivity index (χ1v) is 6.24. The van der Waals surface area contributed by atoms with E-state index in [9.17, 15) is 0 Å². The highest BCUT2D eigenvalue weighted by atomic mass is 35.5. The van der Waals surface area contributed by atoms with E-state index in [4.69, 9.17) is 21.1 Å². The van der Waals surface area contributed by atoms with Gasteiger partial charge in [0.15, 0.2) is 0 Å². The highest BCUT2D eigenvalue weighted by Crippen LogP contribution is 2.22. The molecule has 18 heavy (non-hydrogen) atoms. The van der Waals surface area contributed by atoms with Gasteiger partial charge in [0, 0.05) is 11.1 Å². The minimum absolute atomic E-state index is 0.0694. The van der Waals surface area contributed by atoms with E-state index >= 15 is 0 Å². The average molecular weight is 266 g/mol. The molecule has 3 nitrogen and oxygen atoms in total. The molecule has 1 aromatic heterocycles. The number of aliphatic hydroxyl groups excluding tert-OH is 1. The smallest absolute Gasteiger partial charge is 0.129 e. The molecule has 0 aliphatic carbocycles. The van der Waals surface area contributed by atoms with Gasteiger partial charge in [0.25, 0.3) is 0 Å². The highest BCUT2D eigenvalue weighted by Gasteiger charge is 2.09. The van der Waals surface area contributed by atoms with Crippen molar-refractivity contribution in [2.75, 3.05) is 0 Å². The lowest BCUT2D eigenvalue weighted by Crippen LogP contribution is -2.18. The van der Waals surface area contributed by atoms with Gasteiger partial charge in [-0.25, -0.2) is 0 Å². The van der Waals surface area contributed by atoms with E-state index in [1.165, 1.54) is 0 Å².